The van der Waals surface area contributed by atoms with Gasteiger partial charge in [-0.3, -0.25) is 9.20 Å². The van der Waals surface area contributed by atoms with Crippen LogP contribution in [0.1, 0.15) is 18.1 Å². The van der Waals surface area contributed by atoms with Gasteiger partial charge >= 0.3 is 0 Å². The number of ether oxygens (including phenoxy) is 1. The minimum Gasteiger partial charge on any atom is -0.497 e. The number of amides is 1. The van der Waals surface area contributed by atoms with Gasteiger partial charge in [-0.2, -0.15) is 0 Å². The van der Waals surface area contributed by atoms with Gasteiger partial charge in [0.2, 0.25) is 5.91 Å². The van der Waals surface area contributed by atoms with Crippen LogP contribution in [0.15, 0.2) is 47.6 Å². The lowest BCUT2D eigenvalue weighted by Gasteiger charge is -2.14. The number of thioether (sulfide) groups is 1. The minimum absolute atomic E-state index is 0.129. The summed E-state index contributed by atoms with van der Waals surface area (Å²) in [4.78, 5) is 12.8. The molecule has 2 heterocycles. The molecular formula is C22H21ClN4O2S. The Labute approximate surface area is 183 Å². The zero-order valence-corrected chi connectivity index (χ0v) is 18.6. The second kappa shape index (κ2) is 8.16. The lowest BCUT2D eigenvalue weighted by Crippen LogP contribution is -2.23. The van der Waals surface area contributed by atoms with Crippen LogP contribution in [0.3, 0.4) is 0 Å². The first kappa shape index (κ1) is 20.5. The van der Waals surface area contributed by atoms with E-state index in [9.17, 15) is 4.79 Å². The lowest BCUT2D eigenvalue weighted by molar-refractivity contribution is -0.115. The number of benzene rings is 2. The summed E-state index contributed by atoms with van der Waals surface area (Å²) < 4.78 is 7.36. The summed E-state index contributed by atoms with van der Waals surface area (Å²) in [5.41, 5.74) is 4.43. The predicted octanol–water partition coefficient (Wildman–Crippen LogP) is 5.28. The third-order valence-corrected chi connectivity index (χ3v) is 6.26. The van der Waals surface area contributed by atoms with Crippen molar-refractivity contribution in [1.82, 2.24) is 14.6 Å². The fourth-order valence-corrected chi connectivity index (χ4v) is 4.32. The third kappa shape index (κ3) is 3.82. The fraction of sp³-hybridized carbons (Fsp3) is 0.227. The Balaban J connectivity index is 1.67. The Morgan fingerprint density at radius 1 is 1.13 bits per heavy atom. The molecule has 6 nitrogen and oxygen atoms in total. The second-order valence-corrected chi connectivity index (χ2v) is 8.84. The molecule has 4 rings (SSSR count). The van der Waals surface area contributed by atoms with Crippen LogP contribution in [-0.4, -0.2) is 32.9 Å². The molecule has 0 fully saturated rings. The van der Waals surface area contributed by atoms with Gasteiger partial charge in [-0.15, -0.1) is 10.2 Å². The number of hydrogen-bond donors (Lipinski definition) is 1. The van der Waals surface area contributed by atoms with Crippen molar-refractivity contribution in [3.8, 4) is 5.75 Å². The highest BCUT2D eigenvalue weighted by Gasteiger charge is 2.20. The normalized spacial score (nSPS) is 12.3. The number of rotatable bonds is 5. The molecular weight excluding hydrogens is 420 g/mol. The zero-order chi connectivity index (χ0) is 21.4. The van der Waals surface area contributed by atoms with Gasteiger partial charge in [-0.05, 0) is 62.2 Å². The van der Waals surface area contributed by atoms with E-state index in [0.29, 0.717) is 15.9 Å². The molecule has 0 radical (unpaired) electrons. The Bertz CT molecular complexity index is 1270. The van der Waals surface area contributed by atoms with Gasteiger partial charge in [-0.1, -0.05) is 29.4 Å². The van der Waals surface area contributed by atoms with Crippen molar-refractivity contribution in [1.29, 1.82) is 0 Å². The molecule has 1 unspecified atom stereocenters. The molecule has 0 saturated carbocycles. The highest BCUT2D eigenvalue weighted by Crippen LogP contribution is 2.30. The van der Waals surface area contributed by atoms with Crippen LogP contribution in [0.25, 0.3) is 16.6 Å². The average Bonchev–Trinajstić information content (AvgIpc) is 3.12. The molecule has 4 aromatic rings. The second-order valence-electron chi connectivity index (χ2n) is 7.10. The van der Waals surface area contributed by atoms with Crippen LogP contribution in [0.5, 0.6) is 5.75 Å². The van der Waals surface area contributed by atoms with Crippen LogP contribution >= 0.6 is 23.4 Å². The van der Waals surface area contributed by atoms with Crippen molar-refractivity contribution in [3.63, 3.8) is 0 Å². The van der Waals surface area contributed by atoms with Crippen LogP contribution < -0.4 is 10.1 Å². The fourth-order valence-electron chi connectivity index (χ4n) is 3.28. The maximum absolute atomic E-state index is 12.8. The first-order chi connectivity index (χ1) is 14.4. The number of carbonyl (C=O) groups is 1. The smallest absolute Gasteiger partial charge is 0.237 e. The molecule has 0 saturated heterocycles. The summed E-state index contributed by atoms with van der Waals surface area (Å²) in [6.45, 7) is 5.81. The van der Waals surface area contributed by atoms with E-state index < -0.39 is 5.25 Å². The Hall–Kier alpha value is -2.77. The van der Waals surface area contributed by atoms with E-state index in [0.717, 1.165) is 33.4 Å². The van der Waals surface area contributed by atoms with Crippen molar-refractivity contribution in [2.45, 2.75) is 31.2 Å². The summed E-state index contributed by atoms with van der Waals surface area (Å²) in [5.74, 6) is 0.623. The molecule has 0 bridgehead atoms. The number of methoxy groups -OCH3 is 1. The maximum Gasteiger partial charge on any atom is 0.237 e. The van der Waals surface area contributed by atoms with E-state index in [4.69, 9.17) is 16.3 Å². The largest absolute Gasteiger partial charge is 0.497 e. The zero-order valence-electron chi connectivity index (χ0n) is 17.1. The molecule has 0 aliphatic heterocycles. The number of fused-ring (bicyclic) bond motifs is 3. The van der Waals surface area contributed by atoms with E-state index >= 15 is 0 Å². The van der Waals surface area contributed by atoms with Gasteiger partial charge in [0, 0.05) is 22.2 Å². The number of pyridine rings is 1. The number of hydrogen-bond acceptors (Lipinski definition) is 5. The topological polar surface area (TPSA) is 68.5 Å². The van der Waals surface area contributed by atoms with Gasteiger partial charge < -0.3 is 10.1 Å². The highest BCUT2D eigenvalue weighted by molar-refractivity contribution is 8.00. The number of nitrogens with one attached hydrogen (secondary N) is 1. The van der Waals surface area contributed by atoms with Crippen LogP contribution in [-0.2, 0) is 4.79 Å². The van der Waals surface area contributed by atoms with Crippen molar-refractivity contribution in [2.24, 2.45) is 0 Å². The van der Waals surface area contributed by atoms with Crippen LogP contribution in [0.2, 0.25) is 5.02 Å². The molecule has 0 aliphatic rings. The highest BCUT2D eigenvalue weighted by atomic mass is 35.5. The summed E-state index contributed by atoms with van der Waals surface area (Å²) in [6.07, 6.45) is 0. The number of nitrogens with zero attached hydrogens (tertiary/aromatic N) is 3. The molecule has 2 aromatic carbocycles. The Morgan fingerprint density at radius 3 is 2.70 bits per heavy atom. The van der Waals surface area contributed by atoms with Gasteiger partial charge in [0.05, 0.1) is 17.9 Å². The number of anilines is 1. The standard InChI is InChI=1S/C22H21ClN4O2S/c1-12-5-6-15(23)10-18(12)24-21(28)14(3)30-22-26-25-20-9-13(2)17-8-7-16(29-4)11-19(17)27(20)22/h5-11,14H,1-4H3,(H,24,28). The van der Waals surface area contributed by atoms with E-state index in [-0.39, 0.29) is 5.91 Å². The maximum atomic E-state index is 12.8. The molecule has 1 atom stereocenters. The molecule has 0 aliphatic carbocycles. The summed E-state index contributed by atoms with van der Waals surface area (Å²) >= 11 is 7.42. The van der Waals surface area contributed by atoms with E-state index in [1.54, 1.807) is 19.2 Å². The summed E-state index contributed by atoms with van der Waals surface area (Å²) in [6, 6.07) is 13.3. The van der Waals surface area contributed by atoms with Crippen molar-refractivity contribution in [3.05, 3.63) is 58.6 Å². The monoisotopic (exact) mass is 440 g/mol. The number of halogens is 1. The molecule has 1 amide bonds. The van der Waals surface area contributed by atoms with E-state index in [1.807, 2.05) is 55.5 Å². The average molecular weight is 441 g/mol. The molecule has 154 valence electrons. The van der Waals surface area contributed by atoms with Crippen LogP contribution in [0.4, 0.5) is 5.69 Å². The summed E-state index contributed by atoms with van der Waals surface area (Å²) in [7, 11) is 1.64. The van der Waals surface area contributed by atoms with Gasteiger partial charge in [-0.25, -0.2) is 0 Å². The SMILES string of the molecule is COc1ccc2c(C)cc3nnc(SC(C)C(=O)Nc4cc(Cl)ccc4C)n3c2c1. The van der Waals surface area contributed by atoms with Gasteiger partial charge in [0.1, 0.15) is 5.75 Å². The molecule has 1 N–H and O–H groups in total. The van der Waals surface area contributed by atoms with Crippen molar-refractivity contribution < 1.29 is 9.53 Å². The molecule has 0 spiro atoms. The quantitative estimate of drug-likeness (QED) is 0.427. The van der Waals surface area contributed by atoms with Crippen LogP contribution in [0, 0.1) is 13.8 Å². The van der Waals surface area contributed by atoms with E-state index in [2.05, 4.69) is 15.5 Å². The molecule has 8 heteroatoms. The summed E-state index contributed by atoms with van der Waals surface area (Å²) in [5, 5.41) is 13.5. The van der Waals surface area contributed by atoms with Crippen molar-refractivity contribution in [2.75, 3.05) is 12.4 Å². The van der Waals surface area contributed by atoms with E-state index in [1.165, 1.54) is 11.8 Å². The van der Waals surface area contributed by atoms with Crippen molar-refractivity contribution >= 4 is 51.5 Å². The molecule has 30 heavy (non-hydrogen) atoms. The van der Waals surface area contributed by atoms with Gasteiger partial charge in [0.25, 0.3) is 0 Å². The first-order valence-corrected chi connectivity index (χ1v) is 10.7. The molecule has 2 aromatic heterocycles. The predicted molar refractivity (Wildman–Crippen MR) is 122 cm³/mol. The third-order valence-electron chi connectivity index (χ3n) is 4.98. The number of carbonyl (C=O) groups excluding carboxylic acids is 1. The Morgan fingerprint density at radius 2 is 1.93 bits per heavy atom. The number of aryl methyl sites for hydroxylation is 2. The Kier molecular flexibility index (Phi) is 5.58. The first-order valence-electron chi connectivity index (χ1n) is 9.43. The minimum atomic E-state index is -0.391. The number of aromatic nitrogens is 3. The van der Waals surface area contributed by atoms with Gasteiger partial charge in [0.15, 0.2) is 10.8 Å². The lowest BCUT2D eigenvalue weighted by atomic mass is 10.1.